The number of anilines is 1. The van der Waals surface area contributed by atoms with E-state index in [-0.39, 0.29) is 0 Å². The maximum atomic E-state index is 4.60. The van der Waals surface area contributed by atoms with Crippen molar-refractivity contribution in [2.75, 3.05) is 4.90 Å². The molecule has 0 spiro atoms. The van der Waals surface area contributed by atoms with Gasteiger partial charge in [-0.1, -0.05) is 18.2 Å². The number of fused-ring (bicyclic) bond motifs is 1. The fraction of sp³-hybridized carbons (Fsp3) is 0.389. The van der Waals surface area contributed by atoms with E-state index < -0.39 is 0 Å². The molecule has 0 bridgehead atoms. The van der Waals surface area contributed by atoms with Crippen LogP contribution in [0.3, 0.4) is 0 Å². The van der Waals surface area contributed by atoms with Crippen LogP contribution in [-0.4, -0.2) is 31.8 Å². The maximum absolute atomic E-state index is 4.60. The first-order valence-electron chi connectivity index (χ1n) is 8.28. The summed E-state index contributed by atoms with van der Waals surface area (Å²) in [6.07, 6.45) is 7.26. The molecule has 5 nitrogen and oxygen atoms in total. The lowest BCUT2D eigenvalue weighted by Gasteiger charge is -2.40. The van der Waals surface area contributed by atoms with Crippen molar-refractivity contribution in [3.8, 4) is 5.69 Å². The lowest BCUT2D eigenvalue weighted by molar-refractivity contribution is 0.412. The Morgan fingerprint density at radius 2 is 1.74 bits per heavy atom. The van der Waals surface area contributed by atoms with Gasteiger partial charge in [-0.15, -0.1) is 0 Å². The van der Waals surface area contributed by atoms with Gasteiger partial charge in [0.15, 0.2) is 5.65 Å². The Labute approximate surface area is 136 Å². The minimum atomic E-state index is 0.497. The number of rotatable bonds is 2. The summed E-state index contributed by atoms with van der Waals surface area (Å²) < 4.78 is 1.89. The van der Waals surface area contributed by atoms with Gasteiger partial charge in [-0.3, -0.25) is 0 Å². The highest BCUT2D eigenvalue weighted by atomic mass is 15.3. The SMILES string of the molecule is CC1CCCC(C)N1c1ncnc2c1cnn2-c1ccccc1. The highest BCUT2D eigenvalue weighted by Crippen LogP contribution is 2.32. The molecule has 1 aliphatic heterocycles. The molecule has 2 aromatic heterocycles. The molecule has 1 saturated heterocycles. The number of aromatic nitrogens is 4. The Morgan fingerprint density at radius 1 is 1.00 bits per heavy atom. The van der Waals surface area contributed by atoms with Crippen molar-refractivity contribution >= 4 is 16.9 Å². The first-order chi connectivity index (χ1) is 11.3. The third kappa shape index (κ3) is 2.36. The van der Waals surface area contributed by atoms with Crippen LogP contribution in [0.25, 0.3) is 16.7 Å². The molecule has 0 aliphatic carbocycles. The van der Waals surface area contributed by atoms with E-state index in [1.54, 1.807) is 6.33 Å². The Hall–Kier alpha value is -2.43. The topological polar surface area (TPSA) is 46.8 Å². The highest BCUT2D eigenvalue weighted by molar-refractivity contribution is 5.88. The van der Waals surface area contributed by atoms with Gasteiger partial charge in [-0.2, -0.15) is 5.10 Å². The molecule has 0 N–H and O–H groups in total. The Morgan fingerprint density at radius 3 is 2.48 bits per heavy atom. The molecule has 0 radical (unpaired) electrons. The van der Waals surface area contributed by atoms with Crippen molar-refractivity contribution in [1.29, 1.82) is 0 Å². The number of piperidine rings is 1. The third-order valence-corrected chi connectivity index (χ3v) is 4.78. The van der Waals surface area contributed by atoms with E-state index in [4.69, 9.17) is 0 Å². The van der Waals surface area contributed by atoms with Crippen molar-refractivity contribution in [2.45, 2.75) is 45.2 Å². The van der Waals surface area contributed by atoms with Crippen LogP contribution < -0.4 is 4.90 Å². The van der Waals surface area contributed by atoms with Gasteiger partial charge in [0.1, 0.15) is 12.1 Å². The standard InChI is InChI=1S/C18H21N5/c1-13-7-6-8-14(2)22(13)17-16-11-21-23(18(16)20-12-19-17)15-9-4-3-5-10-15/h3-5,9-14H,6-8H2,1-2H3. The molecule has 23 heavy (non-hydrogen) atoms. The molecule has 1 aliphatic rings. The molecule has 1 fully saturated rings. The molecule has 5 heteroatoms. The zero-order valence-electron chi connectivity index (χ0n) is 13.6. The summed E-state index contributed by atoms with van der Waals surface area (Å²) in [5.74, 6) is 1.01. The summed E-state index contributed by atoms with van der Waals surface area (Å²) in [5.41, 5.74) is 1.89. The average molecular weight is 307 g/mol. The molecular formula is C18H21N5. The third-order valence-electron chi connectivity index (χ3n) is 4.78. The van der Waals surface area contributed by atoms with E-state index in [1.165, 1.54) is 19.3 Å². The number of hydrogen-bond acceptors (Lipinski definition) is 4. The van der Waals surface area contributed by atoms with E-state index in [1.807, 2.05) is 41.2 Å². The average Bonchev–Trinajstić information content (AvgIpc) is 3.00. The normalized spacial score (nSPS) is 21.7. The van der Waals surface area contributed by atoms with Crippen LogP contribution in [0.2, 0.25) is 0 Å². The summed E-state index contributed by atoms with van der Waals surface area (Å²) >= 11 is 0. The number of benzene rings is 1. The number of nitrogens with zero attached hydrogens (tertiary/aromatic N) is 5. The van der Waals surface area contributed by atoms with E-state index in [0.717, 1.165) is 22.5 Å². The first-order valence-corrected chi connectivity index (χ1v) is 8.28. The second-order valence-corrected chi connectivity index (χ2v) is 6.36. The molecular weight excluding hydrogens is 286 g/mol. The Balaban J connectivity index is 1.85. The molecule has 1 aromatic carbocycles. The quantitative estimate of drug-likeness (QED) is 0.726. The summed E-state index contributed by atoms with van der Waals surface area (Å²) in [6.45, 7) is 4.57. The van der Waals surface area contributed by atoms with Gasteiger partial charge in [-0.25, -0.2) is 14.6 Å². The molecule has 118 valence electrons. The van der Waals surface area contributed by atoms with Gasteiger partial charge in [0, 0.05) is 12.1 Å². The van der Waals surface area contributed by atoms with Crippen LogP contribution >= 0.6 is 0 Å². The summed E-state index contributed by atoms with van der Waals surface area (Å²) in [5, 5.41) is 5.58. The largest absolute Gasteiger partial charge is 0.350 e. The highest BCUT2D eigenvalue weighted by Gasteiger charge is 2.28. The van der Waals surface area contributed by atoms with E-state index >= 15 is 0 Å². The van der Waals surface area contributed by atoms with Gasteiger partial charge < -0.3 is 4.90 Å². The molecule has 2 atom stereocenters. The van der Waals surface area contributed by atoms with E-state index in [9.17, 15) is 0 Å². The molecule has 3 heterocycles. The fourth-order valence-electron chi connectivity index (χ4n) is 3.63. The van der Waals surface area contributed by atoms with Gasteiger partial charge >= 0.3 is 0 Å². The molecule has 0 amide bonds. The smallest absolute Gasteiger partial charge is 0.168 e. The van der Waals surface area contributed by atoms with Crippen molar-refractivity contribution in [2.24, 2.45) is 0 Å². The van der Waals surface area contributed by atoms with Gasteiger partial charge in [-0.05, 0) is 45.2 Å². The summed E-state index contributed by atoms with van der Waals surface area (Å²) in [4.78, 5) is 11.5. The maximum Gasteiger partial charge on any atom is 0.168 e. The van der Waals surface area contributed by atoms with Crippen LogP contribution in [0.5, 0.6) is 0 Å². The zero-order chi connectivity index (χ0) is 15.8. The van der Waals surface area contributed by atoms with E-state index in [0.29, 0.717) is 12.1 Å². The van der Waals surface area contributed by atoms with Gasteiger partial charge in [0.2, 0.25) is 0 Å². The van der Waals surface area contributed by atoms with Crippen molar-refractivity contribution in [3.63, 3.8) is 0 Å². The molecule has 2 unspecified atom stereocenters. The molecule has 4 rings (SSSR count). The fourth-order valence-corrected chi connectivity index (χ4v) is 3.63. The molecule has 3 aromatic rings. The van der Waals surface area contributed by atoms with Gasteiger partial charge in [0.05, 0.1) is 17.3 Å². The van der Waals surface area contributed by atoms with Crippen LogP contribution in [-0.2, 0) is 0 Å². The van der Waals surface area contributed by atoms with Crippen molar-refractivity contribution < 1.29 is 0 Å². The summed E-state index contributed by atoms with van der Waals surface area (Å²) in [6, 6.07) is 11.1. The lowest BCUT2D eigenvalue weighted by Crippen LogP contribution is -2.44. The zero-order valence-corrected chi connectivity index (χ0v) is 13.6. The Kier molecular flexibility index (Phi) is 3.48. The van der Waals surface area contributed by atoms with Crippen molar-refractivity contribution in [3.05, 3.63) is 42.9 Å². The van der Waals surface area contributed by atoms with Gasteiger partial charge in [0.25, 0.3) is 0 Å². The number of hydrogen-bond donors (Lipinski definition) is 0. The predicted molar refractivity (Wildman–Crippen MR) is 91.9 cm³/mol. The lowest BCUT2D eigenvalue weighted by atomic mass is 9.97. The van der Waals surface area contributed by atoms with Crippen LogP contribution in [0.15, 0.2) is 42.9 Å². The molecule has 0 saturated carbocycles. The number of para-hydroxylation sites is 1. The second kappa shape index (κ2) is 5.65. The Bertz CT molecular complexity index is 801. The van der Waals surface area contributed by atoms with Crippen molar-refractivity contribution in [1.82, 2.24) is 19.7 Å². The monoisotopic (exact) mass is 307 g/mol. The van der Waals surface area contributed by atoms with Crippen LogP contribution in [0.1, 0.15) is 33.1 Å². The first kappa shape index (κ1) is 14.2. The van der Waals surface area contributed by atoms with E-state index in [2.05, 4.69) is 33.8 Å². The summed E-state index contributed by atoms with van der Waals surface area (Å²) in [7, 11) is 0. The van der Waals surface area contributed by atoms with Crippen LogP contribution in [0, 0.1) is 0 Å². The second-order valence-electron chi connectivity index (χ2n) is 6.36. The minimum Gasteiger partial charge on any atom is -0.350 e. The minimum absolute atomic E-state index is 0.497. The predicted octanol–water partition coefficient (Wildman–Crippen LogP) is 3.58. The van der Waals surface area contributed by atoms with Crippen LogP contribution in [0.4, 0.5) is 5.82 Å².